The zero-order chi connectivity index (χ0) is 23.9. The molecule has 4 heterocycles. The molecule has 0 amide bonds. The fourth-order valence-electron chi connectivity index (χ4n) is 4.01. The summed E-state index contributed by atoms with van der Waals surface area (Å²) in [5.41, 5.74) is 4.77. The smallest absolute Gasteiger partial charge is 0.252 e. The van der Waals surface area contributed by atoms with E-state index in [-0.39, 0.29) is 0 Å². The monoisotopic (exact) mass is 559 g/mol. The molecule has 1 aliphatic rings. The summed E-state index contributed by atoms with van der Waals surface area (Å²) in [7, 11) is -0.254. The Morgan fingerprint density at radius 2 is 1.79 bits per heavy atom. The van der Waals surface area contributed by atoms with Crippen LogP contribution >= 0.6 is 27.3 Å². The topological polar surface area (TPSA) is 73.1 Å². The molecule has 1 aromatic carbocycles. The van der Waals surface area contributed by atoms with Crippen LogP contribution in [-0.2, 0) is 10.0 Å². The Kier molecular flexibility index (Phi) is 6.24. The van der Waals surface area contributed by atoms with Crippen LogP contribution in [0.4, 0.5) is 0 Å². The molecule has 5 rings (SSSR count). The highest BCUT2D eigenvalue weighted by atomic mass is 79.9. The molecule has 0 atom stereocenters. The first-order valence-corrected chi connectivity index (χ1v) is 13.6. The van der Waals surface area contributed by atoms with Crippen molar-refractivity contribution in [3.05, 3.63) is 70.3 Å². The molecule has 34 heavy (non-hydrogen) atoms. The summed E-state index contributed by atoms with van der Waals surface area (Å²) in [5.74, 6) is 1.32. The molecule has 0 radical (unpaired) electrons. The normalized spacial score (nSPS) is 14.9. The van der Waals surface area contributed by atoms with E-state index in [1.54, 1.807) is 26.4 Å². The Bertz CT molecular complexity index is 1510. The lowest BCUT2D eigenvalue weighted by molar-refractivity contribution is 0.355. The SMILES string of the molecule is COc1ccc(-c2cn3cc(C4=CCN(S(=O)(=O)c5ccc(Br)s5)CC4)ccc3n2)cc1OC. The van der Waals surface area contributed by atoms with Crippen LogP contribution in [0.2, 0.25) is 0 Å². The van der Waals surface area contributed by atoms with Crippen LogP contribution in [0.25, 0.3) is 22.5 Å². The third kappa shape index (κ3) is 4.26. The molecule has 0 saturated heterocycles. The second-order valence-electron chi connectivity index (χ2n) is 7.78. The molecule has 0 fully saturated rings. The molecule has 0 bridgehead atoms. The summed E-state index contributed by atoms with van der Waals surface area (Å²) < 4.78 is 41.2. The van der Waals surface area contributed by atoms with Crippen LogP contribution in [0.1, 0.15) is 12.0 Å². The lowest BCUT2D eigenvalue weighted by Crippen LogP contribution is -2.34. The van der Waals surface area contributed by atoms with E-state index in [2.05, 4.69) is 15.9 Å². The molecule has 0 unspecified atom stereocenters. The second kappa shape index (κ2) is 9.18. The third-order valence-electron chi connectivity index (χ3n) is 5.82. The van der Waals surface area contributed by atoms with Crippen LogP contribution in [0.3, 0.4) is 0 Å². The first-order valence-electron chi connectivity index (χ1n) is 10.5. The predicted molar refractivity (Wildman–Crippen MR) is 137 cm³/mol. The van der Waals surface area contributed by atoms with Gasteiger partial charge in [-0.15, -0.1) is 11.3 Å². The number of methoxy groups -OCH3 is 2. The highest BCUT2D eigenvalue weighted by Gasteiger charge is 2.27. The first-order chi connectivity index (χ1) is 16.4. The largest absolute Gasteiger partial charge is 0.493 e. The summed E-state index contributed by atoms with van der Waals surface area (Å²) in [6.45, 7) is 0.800. The van der Waals surface area contributed by atoms with Gasteiger partial charge in [0.2, 0.25) is 0 Å². The summed E-state index contributed by atoms with van der Waals surface area (Å²) >= 11 is 4.58. The highest BCUT2D eigenvalue weighted by Crippen LogP contribution is 2.33. The number of imidazole rings is 1. The number of rotatable bonds is 6. The van der Waals surface area contributed by atoms with Crippen molar-refractivity contribution in [3.63, 3.8) is 0 Å². The van der Waals surface area contributed by atoms with Crippen molar-refractivity contribution in [2.45, 2.75) is 10.6 Å². The zero-order valence-electron chi connectivity index (χ0n) is 18.6. The Hall–Kier alpha value is -2.66. The number of thiophene rings is 1. The van der Waals surface area contributed by atoms with Crippen molar-refractivity contribution in [2.24, 2.45) is 0 Å². The molecule has 0 spiro atoms. The van der Waals surface area contributed by atoms with E-state index < -0.39 is 10.0 Å². The standard InChI is InChI=1S/C24H22BrN3O4S2/c1-31-20-5-3-17(13-21(20)32-2)19-15-27-14-18(4-7-23(27)26-19)16-9-11-28(12-10-16)34(29,30)24-8-6-22(25)33-24/h3-9,13-15H,10-12H2,1-2H3. The number of fused-ring (bicyclic) bond motifs is 1. The molecule has 0 aliphatic carbocycles. The minimum Gasteiger partial charge on any atom is -0.493 e. The molecule has 10 heteroatoms. The highest BCUT2D eigenvalue weighted by molar-refractivity contribution is 9.11. The quantitative estimate of drug-likeness (QED) is 0.319. The van der Waals surface area contributed by atoms with Gasteiger partial charge in [0.05, 0.1) is 23.7 Å². The molecule has 7 nitrogen and oxygen atoms in total. The molecule has 0 N–H and O–H groups in total. The van der Waals surface area contributed by atoms with Crippen LogP contribution in [0.5, 0.6) is 11.5 Å². The van der Waals surface area contributed by atoms with Gasteiger partial charge in [0.15, 0.2) is 11.5 Å². The van der Waals surface area contributed by atoms with Gasteiger partial charge in [-0.05, 0) is 76.0 Å². The number of aromatic nitrogens is 2. The molecule has 3 aromatic heterocycles. The van der Waals surface area contributed by atoms with Crippen molar-refractivity contribution < 1.29 is 17.9 Å². The number of nitrogens with zero attached hydrogens (tertiary/aromatic N) is 3. The summed E-state index contributed by atoms with van der Waals surface area (Å²) in [4.78, 5) is 4.74. The maximum Gasteiger partial charge on any atom is 0.252 e. The van der Waals surface area contributed by atoms with Crippen LogP contribution in [0, 0.1) is 0 Å². The Labute approximate surface area is 210 Å². The van der Waals surface area contributed by atoms with Crippen molar-refractivity contribution in [1.82, 2.24) is 13.7 Å². The van der Waals surface area contributed by atoms with Crippen molar-refractivity contribution in [1.29, 1.82) is 0 Å². The lowest BCUT2D eigenvalue weighted by Gasteiger charge is -2.25. The minimum atomic E-state index is -3.48. The van der Waals surface area contributed by atoms with Gasteiger partial charge in [-0.2, -0.15) is 4.31 Å². The second-order valence-corrected chi connectivity index (χ2v) is 12.4. The van der Waals surface area contributed by atoms with Crippen LogP contribution < -0.4 is 9.47 Å². The average Bonchev–Trinajstić information content (AvgIpc) is 3.50. The molecular formula is C24H22BrN3O4S2. The number of hydrogen-bond donors (Lipinski definition) is 0. The maximum atomic E-state index is 12.9. The van der Waals surface area contributed by atoms with Crippen molar-refractivity contribution >= 4 is 48.5 Å². The van der Waals surface area contributed by atoms with E-state index in [0.29, 0.717) is 35.2 Å². The Balaban J connectivity index is 1.39. The van der Waals surface area contributed by atoms with Crippen LogP contribution in [-0.4, -0.2) is 49.4 Å². The van der Waals surface area contributed by atoms with Crippen LogP contribution in [0.15, 0.2) is 68.9 Å². The molecule has 176 valence electrons. The number of benzene rings is 1. The number of halogens is 1. The fraction of sp³-hybridized carbons (Fsp3) is 0.208. The van der Waals surface area contributed by atoms with Gasteiger partial charge in [0.25, 0.3) is 10.0 Å². The van der Waals surface area contributed by atoms with Gasteiger partial charge in [-0.3, -0.25) is 0 Å². The number of pyridine rings is 1. The van der Waals surface area contributed by atoms with Gasteiger partial charge in [-0.1, -0.05) is 6.08 Å². The van der Waals surface area contributed by atoms with E-state index in [0.717, 1.165) is 31.8 Å². The first kappa shape index (κ1) is 23.1. The molecule has 0 saturated carbocycles. The predicted octanol–water partition coefficient (Wildman–Crippen LogP) is 5.32. The summed E-state index contributed by atoms with van der Waals surface area (Å²) in [6, 6.07) is 13.2. The van der Waals surface area contributed by atoms with E-state index >= 15 is 0 Å². The van der Waals surface area contributed by atoms with Gasteiger partial charge >= 0.3 is 0 Å². The molecule has 1 aliphatic heterocycles. The van der Waals surface area contributed by atoms with Gasteiger partial charge in [0, 0.05) is 31.0 Å². The van der Waals surface area contributed by atoms with Gasteiger partial charge in [0.1, 0.15) is 9.86 Å². The zero-order valence-corrected chi connectivity index (χ0v) is 21.8. The van der Waals surface area contributed by atoms with Crippen molar-refractivity contribution in [2.75, 3.05) is 27.3 Å². The third-order valence-corrected chi connectivity index (χ3v) is 9.77. The minimum absolute atomic E-state index is 0.353. The van der Waals surface area contributed by atoms with E-state index in [4.69, 9.17) is 14.5 Å². The average molecular weight is 560 g/mol. The van der Waals surface area contributed by atoms with Gasteiger partial charge in [-0.25, -0.2) is 13.4 Å². The number of sulfonamides is 1. The number of ether oxygens (including phenoxy) is 2. The van der Waals surface area contributed by atoms with E-state index in [9.17, 15) is 8.42 Å². The molecule has 4 aromatic rings. The fourth-order valence-corrected chi connectivity index (χ4v) is 7.56. The van der Waals surface area contributed by atoms with E-state index in [1.807, 2.05) is 53.2 Å². The number of hydrogen-bond acceptors (Lipinski definition) is 6. The Morgan fingerprint density at radius 1 is 1.00 bits per heavy atom. The van der Waals surface area contributed by atoms with Crippen molar-refractivity contribution in [3.8, 4) is 22.8 Å². The summed E-state index contributed by atoms with van der Waals surface area (Å²) in [6.07, 6.45) is 6.67. The Morgan fingerprint density at radius 3 is 2.47 bits per heavy atom. The maximum absolute atomic E-state index is 12.9. The van der Waals surface area contributed by atoms with Gasteiger partial charge < -0.3 is 13.9 Å². The molecular weight excluding hydrogens is 538 g/mol. The van der Waals surface area contributed by atoms with E-state index in [1.165, 1.54) is 15.6 Å². The summed E-state index contributed by atoms with van der Waals surface area (Å²) in [5, 5.41) is 0. The lowest BCUT2D eigenvalue weighted by atomic mass is 10.0.